The predicted molar refractivity (Wildman–Crippen MR) is 60.9 cm³/mol. The topological polar surface area (TPSA) is 76.1 Å². The Kier molecular flexibility index (Phi) is 3.55. The van der Waals surface area contributed by atoms with E-state index in [-0.39, 0.29) is 12.6 Å². The molecule has 0 radical (unpaired) electrons. The van der Waals surface area contributed by atoms with Gasteiger partial charge in [0.05, 0.1) is 12.6 Å². The number of hydrogen-bond acceptors (Lipinski definition) is 5. The molecule has 6 nitrogen and oxygen atoms in total. The number of aliphatic hydroxyl groups excluding tert-OH is 1. The van der Waals surface area contributed by atoms with E-state index in [2.05, 4.69) is 15.5 Å². The Labute approximate surface area is 99.3 Å². The van der Waals surface area contributed by atoms with Crippen LogP contribution in [0.4, 0.5) is 0 Å². The Morgan fingerprint density at radius 2 is 2.24 bits per heavy atom. The van der Waals surface area contributed by atoms with Crippen molar-refractivity contribution in [3.63, 3.8) is 0 Å². The number of hydrogen-bond donors (Lipinski definition) is 2. The van der Waals surface area contributed by atoms with Crippen LogP contribution in [-0.2, 0) is 20.2 Å². The molecule has 2 N–H and O–H groups in total. The highest BCUT2D eigenvalue weighted by Crippen LogP contribution is 2.11. The number of aromatic nitrogens is 3. The van der Waals surface area contributed by atoms with Gasteiger partial charge in [-0.05, 0) is 19.1 Å². The predicted octanol–water partition coefficient (Wildman–Crippen LogP) is 0.751. The molecule has 17 heavy (non-hydrogen) atoms. The maximum Gasteiger partial charge on any atom is 0.149 e. The molecule has 6 heteroatoms. The second kappa shape index (κ2) is 5.11. The van der Waals surface area contributed by atoms with Gasteiger partial charge in [0.2, 0.25) is 0 Å². The SMILES string of the molecule is CC(NCc1ccc(CO)o1)c1nncn1C. The fourth-order valence-electron chi connectivity index (χ4n) is 1.63. The van der Waals surface area contributed by atoms with Gasteiger partial charge in [-0.3, -0.25) is 0 Å². The van der Waals surface area contributed by atoms with Gasteiger partial charge < -0.3 is 19.4 Å². The van der Waals surface area contributed by atoms with Gasteiger partial charge in [0.25, 0.3) is 0 Å². The molecule has 2 aromatic heterocycles. The first-order valence-corrected chi connectivity index (χ1v) is 5.46. The number of furan rings is 1. The number of aryl methyl sites for hydroxylation is 1. The Bertz CT molecular complexity index is 477. The lowest BCUT2D eigenvalue weighted by atomic mass is 10.3. The molecule has 2 rings (SSSR count). The zero-order valence-corrected chi connectivity index (χ0v) is 9.92. The summed E-state index contributed by atoms with van der Waals surface area (Å²) < 4.78 is 7.25. The van der Waals surface area contributed by atoms with Crippen LogP contribution in [-0.4, -0.2) is 19.9 Å². The van der Waals surface area contributed by atoms with E-state index in [0.29, 0.717) is 12.3 Å². The standard InChI is InChI=1S/C11H16N4O2/c1-8(11-14-13-7-15(11)2)12-5-9-3-4-10(6-16)17-9/h3-4,7-8,12,16H,5-6H2,1-2H3. The number of nitrogens with zero attached hydrogens (tertiary/aromatic N) is 3. The summed E-state index contributed by atoms with van der Waals surface area (Å²) in [5.74, 6) is 2.25. The summed E-state index contributed by atoms with van der Waals surface area (Å²) in [4.78, 5) is 0. The largest absolute Gasteiger partial charge is 0.462 e. The van der Waals surface area contributed by atoms with Crippen molar-refractivity contribution in [2.24, 2.45) is 7.05 Å². The maximum absolute atomic E-state index is 8.88. The third kappa shape index (κ3) is 2.72. The van der Waals surface area contributed by atoms with Crippen LogP contribution < -0.4 is 5.32 Å². The molecule has 2 heterocycles. The van der Waals surface area contributed by atoms with Crippen molar-refractivity contribution in [2.75, 3.05) is 0 Å². The third-order valence-corrected chi connectivity index (χ3v) is 2.59. The first-order valence-electron chi connectivity index (χ1n) is 5.46. The third-order valence-electron chi connectivity index (χ3n) is 2.59. The molecule has 0 aliphatic carbocycles. The second-order valence-electron chi connectivity index (χ2n) is 3.93. The summed E-state index contributed by atoms with van der Waals surface area (Å²) in [5, 5.41) is 20.0. The monoisotopic (exact) mass is 236 g/mol. The lowest BCUT2D eigenvalue weighted by molar-refractivity contribution is 0.242. The van der Waals surface area contributed by atoms with Crippen LogP contribution in [0.1, 0.15) is 30.3 Å². The highest BCUT2D eigenvalue weighted by Gasteiger charge is 2.11. The second-order valence-corrected chi connectivity index (χ2v) is 3.93. The molecule has 1 unspecified atom stereocenters. The molecular formula is C11H16N4O2. The maximum atomic E-state index is 8.88. The van der Waals surface area contributed by atoms with Gasteiger partial charge in [0, 0.05) is 7.05 Å². The van der Waals surface area contributed by atoms with Crippen LogP contribution in [0.25, 0.3) is 0 Å². The normalized spacial score (nSPS) is 12.9. The molecule has 1 atom stereocenters. The Hall–Kier alpha value is -1.66. The average Bonchev–Trinajstić information content (AvgIpc) is 2.94. The summed E-state index contributed by atoms with van der Waals surface area (Å²) in [6.45, 7) is 2.53. The number of rotatable bonds is 5. The van der Waals surface area contributed by atoms with Gasteiger partial charge in [0.1, 0.15) is 30.3 Å². The molecule has 0 saturated heterocycles. The first kappa shape index (κ1) is 11.8. The summed E-state index contributed by atoms with van der Waals surface area (Å²) >= 11 is 0. The van der Waals surface area contributed by atoms with Crippen LogP contribution in [0.2, 0.25) is 0 Å². The molecule has 92 valence electrons. The van der Waals surface area contributed by atoms with Crippen molar-refractivity contribution in [3.05, 3.63) is 35.8 Å². The summed E-state index contributed by atoms with van der Waals surface area (Å²) in [6.07, 6.45) is 1.67. The molecule has 0 saturated carbocycles. The van der Waals surface area contributed by atoms with Crippen molar-refractivity contribution < 1.29 is 9.52 Å². The molecule has 0 bridgehead atoms. The Morgan fingerprint density at radius 3 is 2.82 bits per heavy atom. The smallest absolute Gasteiger partial charge is 0.149 e. The highest BCUT2D eigenvalue weighted by atomic mass is 16.4. The quantitative estimate of drug-likeness (QED) is 0.801. The minimum atomic E-state index is -0.0706. The first-order chi connectivity index (χ1) is 8.20. The van der Waals surface area contributed by atoms with Crippen LogP contribution in [0.15, 0.2) is 22.9 Å². The van der Waals surface area contributed by atoms with Gasteiger partial charge in [-0.15, -0.1) is 10.2 Å². The molecule has 0 amide bonds. The lowest BCUT2D eigenvalue weighted by Gasteiger charge is -2.11. The molecule has 0 aromatic carbocycles. The van der Waals surface area contributed by atoms with Crippen molar-refractivity contribution in [3.8, 4) is 0 Å². The molecule has 0 fully saturated rings. The van der Waals surface area contributed by atoms with Gasteiger partial charge in [-0.25, -0.2) is 0 Å². The van der Waals surface area contributed by atoms with E-state index in [0.717, 1.165) is 11.6 Å². The van der Waals surface area contributed by atoms with Crippen LogP contribution in [0.5, 0.6) is 0 Å². The molecular weight excluding hydrogens is 220 g/mol. The van der Waals surface area contributed by atoms with Gasteiger partial charge in [-0.2, -0.15) is 0 Å². The van der Waals surface area contributed by atoms with E-state index in [1.54, 1.807) is 12.4 Å². The molecule has 2 aromatic rings. The van der Waals surface area contributed by atoms with E-state index >= 15 is 0 Å². The summed E-state index contributed by atoms with van der Waals surface area (Å²) in [7, 11) is 1.91. The molecule has 0 spiro atoms. The van der Waals surface area contributed by atoms with Gasteiger partial charge in [0.15, 0.2) is 0 Å². The zero-order valence-electron chi connectivity index (χ0n) is 9.92. The summed E-state index contributed by atoms with van der Waals surface area (Å²) in [5.41, 5.74) is 0. The minimum Gasteiger partial charge on any atom is -0.462 e. The molecule has 0 aliphatic rings. The fraction of sp³-hybridized carbons (Fsp3) is 0.455. The average molecular weight is 236 g/mol. The Balaban J connectivity index is 1.92. The van der Waals surface area contributed by atoms with Gasteiger partial charge >= 0.3 is 0 Å². The lowest BCUT2D eigenvalue weighted by Crippen LogP contribution is -2.20. The van der Waals surface area contributed by atoms with Crippen LogP contribution in [0, 0.1) is 0 Å². The van der Waals surface area contributed by atoms with Crippen LogP contribution >= 0.6 is 0 Å². The van der Waals surface area contributed by atoms with Crippen molar-refractivity contribution in [1.29, 1.82) is 0 Å². The van der Waals surface area contributed by atoms with Crippen LogP contribution in [0.3, 0.4) is 0 Å². The van der Waals surface area contributed by atoms with E-state index in [9.17, 15) is 0 Å². The van der Waals surface area contributed by atoms with E-state index < -0.39 is 0 Å². The van der Waals surface area contributed by atoms with E-state index in [1.807, 2.05) is 24.6 Å². The van der Waals surface area contributed by atoms with E-state index in [1.165, 1.54) is 0 Å². The van der Waals surface area contributed by atoms with E-state index in [4.69, 9.17) is 9.52 Å². The van der Waals surface area contributed by atoms with Crippen molar-refractivity contribution in [1.82, 2.24) is 20.1 Å². The zero-order chi connectivity index (χ0) is 12.3. The van der Waals surface area contributed by atoms with Crippen molar-refractivity contribution in [2.45, 2.75) is 26.1 Å². The number of nitrogens with one attached hydrogen (secondary N) is 1. The number of aliphatic hydroxyl groups is 1. The molecule has 0 aliphatic heterocycles. The highest BCUT2D eigenvalue weighted by molar-refractivity contribution is 5.06. The summed E-state index contributed by atoms with van der Waals surface area (Å²) in [6, 6.07) is 3.71. The van der Waals surface area contributed by atoms with Crippen molar-refractivity contribution >= 4 is 0 Å². The van der Waals surface area contributed by atoms with Gasteiger partial charge in [-0.1, -0.05) is 0 Å². The minimum absolute atomic E-state index is 0.0706. The fourth-order valence-corrected chi connectivity index (χ4v) is 1.63. The Morgan fingerprint density at radius 1 is 1.47 bits per heavy atom.